The molecular formula is C13H17FN4O2. The second-order valence-corrected chi connectivity index (χ2v) is 4.82. The zero-order valence-corrected chi connectivity index (χ0v) is 10.9. The molecule has 1 aliphatic rings. The van der Waals surface area contributed by atoms with Crippen LogP contribution in [0.1, 0.15) is 12.8 Å². The van der Waals surface area contributed by atoms with Gasteiger partial charge in [0.1, 0.15) is 5.82 Å². The molecule has 7 heteroatoms. The van der Waals surface area contributed by atoms with Crippen LogP contribution in [-0.2, 0) is 9.59 Å². The molecule has 1 fully saturated rings. The molecule has 2 rings (SSSR count). The van der Waals surface area contributed by atoms with Gasteiger partial charge in [-0.05, 0) is 37.6 Å². The number of nitrogens with two attached hydrogens (primary N) is 2. The van der Waals surface area contributed by atoms with Crippen LogP contribution < -0.4 is 16.8 Å². The minimum Gasteiger partial charge on any atom is -0.396 e. The van der Waals surface area contributed by atoms with E-state index in [1.54, 1.807) is 4.90 Å². The van der Waals surface area contributed by atoms with Crippen molar-refractivity contribution in [3.05, 3.63) is 24.0 Å². The zero-order chi connectivity index (χ0) is 14.7. The molecule has 2 amide bonds. The summed E-state index contributed by atoms with van der Waals surface area (Å²) in [5, 5.41) is 2.62. The van der Waals surface area contributed by atoms with Crippen LogP contribution in [0, 0.1) is 5.82 Å². The highest BCUT2D eigenvalue weighted by Gasteiger charge is 2.30. The van der Waals surface area contributed by atoms with Gasteiger partial charge in [-0.3, -0.25) is 14.5 Å². The van der Waals surface area contributed by atoms with Gasteiger partial charge < -0.3 is 16.8 Å². The number of carbonyl (C=O) groups excluding carboxylic acids is 2. The van der Waals surface area contributed by atoms with E-state index < -0.39 is 11.7 Å². The van der Waals surface area contributed by atoms with E-state index in [1.807, 2.05) is 0 Å². The average Bonchev–Trinajstić information content (AvgIpc) is 2.82. The summed E-state index contributed by atoms with van der Waals surface area (Å²) in [6, 6.07) is 3.58. The summed E-state index contributed by atoms with van der Waals surface area (Å²) in [7, 11) is 0. The molecule has 108 valence electrons. The molecule has 1 atom stereocenters. The largest absolute Gasteiger partial charge is 0.396 e. The van der Waals surface area contributed by atoms with Gasteiger partial charge in [0.15, 0.2) is 0 Å². The third kappa shape index (κ3) is 3.24. The van der Waals surface area contributed by atoms with Crippen LogP contribution in [0.3, 0.4) is 0 Å². The fourth-order valence-electron chi connectivity index (χ4n) is 2.34. The van der Waals surface area contributed by atoms with E-state index in [1.165, 1.54) is 18.2 Å². The fraction of sp³-hybridized carbons (Fsp3) is 0.385. The molecular weight excluding hydrogens is 263 g/mol. The van der Waals surface area contributed by atoms with E-state index in [-0.39, 0.29) is 24.2 Å². The number of nitrogens with zero attached hydrogens (tertiary/aromatic N) is 1. The molecule has 0 aromatic heterocycles. The Labute approximate surface area is 115 Å². The normalized spacial score (nSPS) is 18.9. The molecule has 0 bridgehead atoms. The first kappa shape index (κ1) is 14.3. The number of amides is 2. The van der Waals surface area contributed by atoms with Gasteiger partial charge in [-0.1, -0.05) is 0 Å². The number of benzene rings is 1. The maximum atomic E-state index is 13.0. The first-order chi connectivity index (χ1) is 9.47. The van der Waals surface area contributed by atoms with Crippen molar-refractivity contribution < 1.29 is 14.0 Å². The summed E-state index contributed by atoms with van der Waals surface area (Å²) in [6.07, 6.45) is 1.51. The number of carbonyl (C=O) groups is 2. The number of primary amides is 1. The van der Waals surface area contributed by atoms with Gasteiger partial charge in [-0.25, -0.2) is 4.39 Å². The van der Waals surface area contributed by atoms with Crippen molar-refractivity contribution >= 4 is 23.2 Å². The maximum Gasteiger partial charge on any atom is 0.238 e. The summed E-state index contributed by atoms with van der Waals surface area (Å²) >= 11 is 0. The number of likely N-dealkylation sites (tertiary alicyclic amines) is 1. The van der Waals surface area contributed by atoms with E-state index in [2.05, 4.69) is 5.32 Å². The Morgan fingerprint density at radius 1 is 1.45 bits per heavy atom. The fourth-order valence-corrected chi connectivity index (χ4v) is 2.34. The van der Waals surface area contributed by atoms with E-state index in [4.69, 9.17) is 11.5 Å². The van der Waals surface area contributed by atoms with Crippen LogP contribution in [0.25, 0.3) is 0 Å². The molecule has 0 aliphatic carbocycles. The van der Waals surface area contributed by atoms with Gasteiger partial charge in [0.25, 0.3) is 0 Å². The third-order valence-electron chi connectivity index (χ3n) is 3.32. The molecule has 0 spiro atoms. The minimum absolute atomic E-state index is 0.0287. The molecule has 0 radical (unpaired) electrons. The van der Waals surface area contributed by atoms with Crippen LogP contribution in [0.5, 0.6) is 0 Å². The smallest absolute Gasteiger partial charge is 0.238 e. The van der Waals surface area contributed by atoms with Gasteiger partial charge in [0.2, 0.25) is 11.8 Å². The Balaban J connectivity index is 1.95. The zero-order valence-electron chi connectivity index (χ0n) is 10.9. The van der Waals surface area contributed by atoms with Crippen molar-refractivity contribution in [2.45, 2.75) is 18.9 Å². The first-order valence-electron chi connectivity index (χ1n) is 6.35. The van der Waals surface area contributed by atoms with Crippen molar-refractivity contribution in [2.24, 2.45) is 5.73 Å². The van der Waals surface area contributed by atoms with Crippen molar-refractivity contribution in [2.75, 3.05) is 24.1 Å². The van der Waals surface area contributed by atoms with E-state index in [0.717, 1.165) is 6.42 Å². The SMILES string of the molecule is NC(=O)C1CCCN1CC(=O)Nc1ccc(F)c(N)c1. The highest BCUT2D eigenvalue weighted by Crippen LogP contribution is 2.18. The van der Waals surface area contributed by atoms with Crippen molar-refractivity contribution in [3.8, 4) is 0 Å². The van der Waals surface area contributed by atoms with Gasteiger partial charge in [0, 0.05) is 5.69 Å². The lowest BCUT2D eigenvalue weighted by atomic mass is 10.2. The lowest BCUT2D eigenvalue weighted by Crippen LogP contribution is -2.43. The Kier molecular flexibility index (Phi) is 4.19. The van der Waals surface area contributed by atoms with Crippen LogP contribution in [0.2, 0.25) is 0 Å². The van der Waals surface area contributed by atoms with Crippen LogP contribution >= 0.6 is 0 Å². The van der Waals surface area contributed by atoms with Gasteiger partial charge in [-0.2, -0.15) is 0 Å². The summed E-state index contributed by atoms with van der Waals surface area (Å²) in [5.41, 5.74) is 11.1. The lowest BCUT2D eigenvalue weighted by Gasteiger charge is -2.21. The minimum atomic E-state index is -0.531. The third-order valence-corrected chi connectivity index (χ3v) is 3.32. The summed E-state index contributed by atoms with van der Waals surface area (Å²) in [4.78, 5) is 24.9. The highest BCUT2D eigenvalue weighted by molar-refractivity contribution is 5.93. The molecule has 5 N–H and O–H groups in total. The Bertz CT molecular complexity index is 535. The van der Waals surface area contributed by atoms with Gasteiger partial charge in [0.05, 0.1) is 18.3 Å². The first-order valence-corrected chi connectivity index (χ1v) is 6.35. The number of halogens is 1. The quantitative estimate of drug-likeness (QED) is 0.690. The van der Waals surface area contributed by atoms with Crippen LogP contribution in [0.15, 0.2) is 18.2 Å². The number of hydrogen-bond donors (Lipinski definition) is 3. The molecule has 1 aromatic carbocycles. The van der Waals surface area contributed by atoms with E-state index in [0.29, 0.717) is 18.7 Å². The Hall–Kier alpha value is -2.15. The predicted octanol–water partition coefficient (Wildman–Crippen LogP) is 0.296. The monoisotopic (exact) mass is 280 g/mol. The van der Waals surface area contributed by atoms with Crippen molar-refractivity contribution in [1.29, 1.82) is 0 Å². The van der Waals surface area contributed by atoms with Crippen molar-refractivity contribution in [1.82, 2.24) is 4.90 Å². The van der Waals surface area contributed by atoms with Crippen LogP contribution in [-0.4, -0.2) is 35.8 Å². The summed E-state index contributed by atoms with van der Waals surface area (Å²) in [6.45, 7) is 0.734. The summed E-state index contributed by atoms with van der Waals surface area (Å²) in [5.74, 6) is -1.23. The summed E-state index contributed by atoms with van der Waals surface area (Å²) < 4.78 is 13.0. The second kappa shape index (κ2) is 5.87. The van der Waals surface area contributed by atoms with Crippen molar-refractivity contribution in [3.63, 3.8) is 0 Å². The molecule has 20 heavy (non-hydrogen) atoms. The molecule has 0 saturated carbocycles. The number of nitrogens with one attached hydrogen (secondary N) is 1. The molecule has 1 aliphatic heterocycles. The number of hydrogen-bond acceptors (Lipinski definition) is 4. The molecule has 1 heterocycles. The second-order valence-electron chi connectivity index (χ2n) is 4.82. The number of rotatable bonds is 4. The lowest BCUT2D eigenvalue weighted by molar-refractivity contribution is -0.123. The molecule has 1 saturated heterocycles. The highest BCUT2D eigenvalue weighted by atomic mass is 19.1. The van der Waals surface area contributed by atoms with E-state index in [9.17, 15) is 14.0 Å². The predicted molar refractivity (Wildman–Crippen MR) is 73.2 cm³/mol. The van der Waals surface area contributed by atoms with Crippen LogP contribution in [0.4, 0.5) is 15.8 Å². The standard InChI is InChI=1S/C13H17FN4O2/c14-9-4-3-8(6-10(9)15)17-12(19)7-18-5-1-2-11(18)13(16)20/h3-4,6,11H,1-2,5,7,15H2,(H2,16,20)(H,17,19). The van der Waals surface area contributed by atoms with Gasteiger partial charge >= 0.3 is 0 Å². The molecule has 1 unspecified atom stereocenters. The van der Waals surface area contributed by atoms with E-state index >= 15 is 0 Å². The number of nitrogen functional groups attached to an aromatic ring is 1. The molecule has 6 nitrogen and oxygen atoms in total. The topological polar surface area (TPSA) is 101 Å². The maximum absolute atomic E-state index is 13.0. The Morgan fingerprint density at radius 2 is 2.20 bits per heavy atom. The molecule has 1 aromatic rings. The van der Waals surface area contributed by atoms with Gasteiger partial charge in [-0.15, -0.1) is 0 Å². The number of anilines is 2. The average molecular weight is 280 g/mol. The Morgan fingerprint density at radius 3 is 2.85 bits per heavy atom.